The van der Waals surface area contributed by atoms with Crippen molar-refractivity contribution in [1.29, 1.82) is 0 Å². The predicted octanol–water partition coefficient (Wildman–Crippen LogP) is 5.10. The van der Waals surface area contributed by atoms with Gasteiger partial charge in [0.05, 0.1) is 17.3 Å². The lowest BCUT2D eigenvalue weighted by Crippen LogP contribution is -2.29. The van der Waals surface area contributed by atoms with Gasteiger partial charge in [-0.05, 0) is 48.2 Å². The van der Waals surface area contributed by atoms with Gasteiger partial charge in [-0.25, -0.2) is 4.39 Å². The zero-order chi connectivity index (χ0) is 27.8. The molecule has 0 aliphatic carbocycles. The zero-order valence-electron chi connectivity index (χ0n) is 20.2. The predicted molar refractivity (Wildman–Crippen MR) is 151 cm³/mol. The van der Waals surface area contributed by atoms with Gasteiger partial charge >= 0.3 is 0 Å². The van der Waals surface area contributed by atoms with E-state index in [-0.39, 0.29) is 29.8 Å². The number of thioether (sulfide) groups is 2. The van der Waals surface area contributed by atoms with Crippen LogP contribution in [0.15, 0.2) is 52.0 Å². The summed E-state index contributed by atoms with van der Waals surface area (Å²) in [6.07, 6.45) is 0. The van der Waals surface area contributed by atoms with Crippen molar-refractivity contribution in [2.45, 2.75) is 23.0 Å². The minimum atomic E-state index is -0.430. The van der Waals surface area contributed by atoms with Crippen LogP contribution in [-0.4, -0.2) is 54.9 Å². The lowest BCUT2D eigenvalue weighted by Gasteiger charge is -2.12. The van der Waals surface area contributed by atoms with E-state index in [4.69, 9.17) is 27.9 Å². The number of carbonyl (C=O) groups excluding carboxylic acids is 2. The zero-order valence-corrected chi connectivity index (χ0v) is 24.2. The number of carbonyl (C=O) groups is 2. The molecular formula is C23H20Cl2FN7O3S3. The molecule has 4 aromatic rings. The molecule has 0 saturated carbocycles. The maximum Gasteiger partial charge on any atom is 0.258 e. The Morgan fingerprint density at radius 2 is 1.85 bits per heavy atom. The number of halogens is 3. The molecule has 10 nitrogen and oxygen atoms in total. The van der Waals surface area contributed by atoms with Crippen molar-refractivity contribution in [2.24, 2.45) is 0 Å². The minimum absolute atomic E-state index is 0.00364. The first kappa shape index (κ1) is 29.1. The summed E-state index contributed by atoms with van der Waals surface area (Å²) in [6.45, 7) is 1.71. The normalized spacial score (nSPS) is 10.9. The summed E-state index contributed by atoms with van der Waals surface area (Å²) in [6, 6.07) is 10.4. The molecule has 0 radical (unpaired) electrons. The van der Waals surface area contributed by atoms with Gasteiger partial charge in [-0.3, -0.25) is 19.5 Å². The second-order valence-corrected chi connectivity index (χ2v) is 11.8. The maximum absolute atomic E-state index is 13.6. The van der Waals surface area contributed by atoms with Crippen LogP contribution in [0.4, 0.5) is 9.52 Å². The third kappa shape index (κ3) is 8.29. The van der Waals surface area contributed by atoms with E-state index >= 15 is 0 Å². The number of nitrogens with one attached hydrogen (secondary N) is 2. The van der Waals surface area contributed by atoms with Gasteiger partial charge in [-0.2, -0.15) is 0 Å². The molecule has 0 unspecified atom stereocenters. The molecule has 0 aliphatic heterocycles. The highest BCUT2D eigenvalue weighted by Crippen LogP contribution is 2.28. The molecule has 0 atom stereocenters. The van der Waals surface area contributed by atoms with Gasteiger partial charge in [-0.1, -0.05) is 65.0 Å². The van der Waals surface area contributed by atoms with Crippen molar-refractivity contribution in [1.82, 2.24) is 30.3 Å². The van der Waals surface area contributed by atoms with E-state index in [2.05, 4.69) is 31.0 Å². The Balaban J connectivity index is 1.40. The molecule has 2 aromatic heterocycles. The number of aromatic nitrogens is 5. The van der Waals surface area contributed by atoms with Crippen molar-refractivity contribution in [3.05, 3.63) is 64.2 Å². The fraction of sp³-hybridized carbons (Fsp3) is 0.217. The highest BCUT2D eigenvalue weighted by atomic mass is 35.5. The molecule has 4 rings (SSSR count). The van der Waals surface area contributed by atoms with Crippen LogP contribution >= 0.6 is 58.1 Å². The molecule has 0 spiro atoms. The minimum Gasteiger partial charge on any atom is -0.482 e. The number of anilines is 1. The summed E-state index contributed by atoms with van der Waals surface area (Å²) in [5.41, 5.74) is 0.558. The number of benzene rings is 2. The van der Waals surface area contributed by atoms with E-state index in [1.165, 1.54) is 41.3 Å². The molecule has 204 valence electrons. The topological polar surface area (TPSA) is 124 Å². The molecular weight excluding hydrogens is 608 g/mol. The molecule has 2 N–H and O–H groups in total. The molecule has 16 heteroatoms. The summed E-state index contributed by atoms with van der Waals surface area (Å²) in [5.74, 6) is 0.406. The molecule has 2 amide bonds. The standard InChI is InChI=1S/C23H20Cl2FN7O3S3/c1-2-37-23-32-30-21(39-23)28-20(35)12-38-22-31-29-18(33(22)15-6-4-14(26)5-7-15)10-27-19(34)11-36-17-8-3-13(24)9-16(17)25/h3-9H,2,10-12H2,1H3,(H,27,34)(H,28,30,35). The van der Waals surface area contributed by atoms with Crippen molar-refractivity contribution in [3.63, 3.8) is 0 Å². The Hall–Kier alpha value is -2.91. The molecule has 0 aliphatic rings. The average molecular weight is 629 g/mol. The van der Waals surface area contributed by atoms with Crippen LogP contribution in [-0.2, 0) is 16.1 Å². The lowest BCUT2D eigenvalue weighted by molar-refractivity contribution is -0.123. The van der Waals surface area contributed by atoms with Crippen molar-refractivity contribution >= 4 is 75.0 Å². The number of hydrogen-bond donors (Lipinski definition) is 2. The van der Waals surface area contributed by atoms with Gasteiger partial charge in [0.25, 0.3) is 5.91 Å². The Labute approximate surface area is 245 Å². The van der Waals surface area contributed by atoms with Crippen LogP contribution in [0.25, 0.3) is 5.69 Å². The summed E-state index contributed by atoms with van der Waals surface area (Å²) >= 11 is 15.9. The van der Waals surface area contributed by atoms with E-state index in [0.717, 1.165) is 21.9 Å². The quantitative estimate of drug-likeness (QED) is 0.163. The van der Waals surface area contributed by atoms with Crippen LogP contribution < -0.4 is 15.4 Å². The van der Waals surface area contributed by atoms with Gasteiger partial charge in [0.2, 0.25) is 11.0 Å². The van der Waals surface area contributed by atoms with Gasteiger partial charge in [0.15, 0.2) is 21.9 Å². The van der Waals surface area contributed by atoms with Gasteiger partial charge in [0, 0.05) is 10.7 Å². The molecule has 2 aromatic carbocycles. The molecule has 2 heterocycles. The van der Waals surface area contributed by atoms with Crippen molar-refractivity contribution in [2.75, 3.05) is 23.4 Å². The van der Waals surface area contributed by atoms with Crippen LogP contribution in [0, 0.1) is 5.82 Å². The van der Waals surface area contributed by atoms with Crippen LogP contribution in [0.2, 0.25) is 10.0 Å². The summed E-state index contributed by atoms with van der Waals surface area (Å²) < 4.78 is 21.4. The number of amides is 2. The van der Waals surface area contributed by atoms with E-state index in [9.17, 15) is 14.0 Å². The van der Waals surface area contributed by atoms with Gasteiger partial charge < -0.3 is 10.1 Å². The second kappa shape index (κ2) is 13.9. The Bertz CT molecular complexity index is 1450. The van der Waals surface area contributed by atoms with Crippen LogP contribution in [0.1, 0.15) is 12.7 Å². The Morgan fingerprint density at radius 1 is 1.05 bits per heavy atom. The summed E-state index contributed by atoms with van der Waals surface area (Å²) in [4.78, 5) is 24.9. The van der Waals surface area contributed by atoms with Crippen molar-refractivity contribution < 1.29 is 18.7 Å². The first-order chi connectivity index (χ1) is 18.8. The lowest BCUT2D eigenvalue weighted by atomic mass is 10.3. The second-order valence-electron chi connectivity index (χ2n) is 7.49. The number of hydrogen-bond acceptors (Lipinski definition) is 10. The SMILES string of the molecule is CCSc1nnc(NC(=O)CSc2nnc(CNC(=O)COc3ccc(Cl)cc3Cl)n2-c2ccc(F)cc2)s1. The van der Waals surface area contributed by atoms with E-state index in [1.807, 2.05) is 6.92 Å². The highest BCUT2D eigenvalue weighted by molar-refractivity contribution is 8.01. The number of nitrogens with zero attached hydrogens (tertiary/aromatic N) is 5. The van der Waals surface area contributed by atoms with E-state index in [1.54, 1.807) is 28.8 Å². The van der Waals surface area contributed by atoms with E-state index < -0.39 is 11.7 Å². The van der Waals surface area contributed by atoms with Crippen molar-refractivity contribution in [3.8, 4) is 11.4 Å². The monoisotopic (exact) mass is 627 g/mol. The first-order valence-corrected chi connectivity index (χ1v) is 14.8. The third-order valence-electron chi connectivity index (χ3n) is 4.73. The highest BCUT2D eigenvalue weighted by Gasteiger charge is 2.18. The molecule has 0 saturated heterocycles. The smallest absolute Gasteiger partial charge is 0.258 e. The van der Waals surface area contributed by atoms with Crippen LogP contribution in [0.5, 0.6) is 5.75 Å². The van der Waals surface area contributed by atoms with Gasteiger partial charge in [-0.15, -0.1) is 20.4 Å². The van der Waals surface area contributed by atoms with Crippen LogP contribution in [0.3, 0.4) is 0 Å². The Kier molecular flexibility index (Phi) is 10.4. The fourth-order valence-corrected chi connectivity index (χ4v) is 5.95. The molecule has 39 heavy (non-hydrogen) atoms. The fourth-order valence-electron chi connectivity index (χ4n) is 3.05. The molecule has 0 fully saturated rings. The first-order valence-electron chi connectivity index (χ1n) is 11.3. The van der Waals surface area contributed by atoms with E-state index in [0.29, 0.717) is 32.6 Å². The summed E-state index contributed by atoms with van der Waals surface area (Å²) in [7, 11) is 0. The number of ether oxygens (including phenoxy) is 1. The maximum atomic E-state index is 13.6. The average Bonchev–Trinajstić information content (AvgIpc) is 3.53. The van der Waals surface area contributed by atoms with Gasteiger partial charge in [0.1, 0.15) is 11.6 Å². The Morgan fingerprint density at radius 3 is 2.59 bits per heavy atom. The number of rotatable bonds is 12. The summed E-state index contributed by atoms with van der Waals surface area (Å²) in [5, 5.41) is 23.3. The third-order valence-corrected chi connectivity index (χ3v) is 8.05. The molecule has 0 bridgehead atoms. The largest absolute Gasteiger partial charge is 0.482 e.